The molecule has 0 aromatic carbocycles. The molecule has 1 N–H and O–H groups in total. The molecule has 1 fully saturated rings. The first-order valence-corrected chi connectivity index (χ1v) is 8.54. The van der Waals surface area contributed by atoms with Crippen LogP contribution in [0.25, 0.3) is 0 Å². The molecule has 122 valence electrons. The first-order valence-electron chi connectivity index (χ1n) is 8.54. The van der Waals surface area contributed by atoms with Crippen LogP contribution in [0.4, 0.5) is 0 Å². The van der Waals surface area contributed by atoms with Crippen LogP contribution in [-0.4, -0.2) is 44.7 Å². The minimum Gasteiger partial charge on any atom is -0.481 e. The zero-order chi connectivity index (χ0) is 15.7. The Labute approximate surface area is 132 Å². The maximum absolute atomic E-state index is 11.1. The number of nitrogens with zero attached hydrogens (tertiary/aromatic N) is 3. The van der Waals surface area contributed by atoms with E-state index in [-0.39, 0.29) is 5.92 Å². The second-order valence-electron chi connectivity index (χ2n) is 7.15. The summed E-state index contributed by atoms with van der Waals surface area (Å²) in [5.74, 6) is 0.875. The number of hydrogen-bond acceptors (Lipinski definition) is 3. The van der Waals surface area contributed by atoms with E-state index in [1.165, 1.54) is 25.9 Å². The lowest BCUT2D eigenvalue weighted by atomic mass is 9.92. The number of aliphatic carboxylic acids is 1. The molecule has 2 aliphatic heterocycles. The summed E-state index contributed by atoms with van der Waals surface area (Å²) >= 11 is 0. The number of imidazole rings is 1. The zero-order valence-electron chi connectivity index (χ0n) is 13.7. The van der Waals surface area contributed by atoms with E-state index in [2.05, 4.69) is 29.5 Å². The molecule has 0 amide bonds. The molecule has 5 heteroatoms. The number of rotatable bonds is 4. The predicted octanol–water partition coefficient (Wildman–Crippen LogP) is 2.19. The molecule has 0 bridgehead atoms. The molecule has 1 saturated heterocycles. The minimum atomic E-state index is -0.679. The maximum Gasteiger partial charge on any atom is 0.308 e. The Morgan fingerprint density at radius 2 is 2.09 bits per heavy atom. The quantitative estimate of drug-likeness (QED) is 0.926. The Kier molecular flexibility index (Phi) is 4.52. The molecule has 0 radical (unpaired) electrons. The number of piperidine rings is 1. The molecule has 3 rings (SSSR count). The smallest absolute Gasteiger partial charge is 0.308 e. The normalized spacial score (nSPS) is 23.7. The van der Waals surface area contributed by atoms with Crippen LogP contribution in [0, 0.1) is 11.8 Å². The molecule has 0 aliphatic carbocycles. The number of hydrogen-bond donors (Lipinski definition) is 1. The molecular weight excluding hydrogens is 278 g/mol. The van der Waals surface area contributed by atoms with Crippen molar-refractivity contribution in [1.82, 2.24) is 14.5 Å². The SMILES string of the molecule is CC(C)N1CCC(Cc2cn3c(n2)CCC(C(=O)O)C3)CC1. The van der Waals surface area contributed by atoms with E-state index in [0.29, 0.717) is 12.6 Å². The van der Waals surface area contributed by atoms with E-state index < -0.39 is 5.97 Å². The van der Waals surface area contributed by atoms with Crippen molar-refractivity contribution < 1.29 is 9.90 Å². The fourth-order valence-electron chi connectivity index (χ4n) is 3.77. The first kappa shape index (κ1) is 15.5. The van der Waals surface area contributed by atoms with E-state index in [4.69, 9.17) is 10.1 Å². The summed E-state index contributed by atoms with van der Waals surface area (Å²) in [6.45, 7) is 7.50. The fourth-order valence-corrected chi connectivity index (χ4v) is 3.77. The average Bonchev–Trinajstić information content (AvgIpc) is 2.88. The van der Waals surface area contributed by atoms with E-state index in [0.717, 1.165) is 36.7 Å². The zero-order valence-corrected chi connectivity index (χ0v) is 13.7. The van der Waals surface area contributed by atoms with Crippen molar-refractivity contribution in [2.75, 3.05) is 13.1 Å². The highest BCUT2D eigenvalue weighted by atomic mass is 16.4. The van der Waals surface area contributed by atoms with Gasteiger partial charge in [0.2, 0.25) is 0 Å². The average molecular weight is 305 g/mol. The Morgan fingerprint density at radius 3 is 2.73 bits per heavy atom. The van der Waals surface area contributed by atoms with Crippen molar-refractivity contribution in [1.29, 1.82) is 0 Å². The van der Waals surface area contributed by atoms with Crippen LogP contribution in [-0.2, 0) is 24.2 Å². The third-order valence-corrected chi connectivity index (χ3v) is 5.27. The fraction of sp³-hybridized carbons (Fsp3) is 0.765. The van der Waals surface area contributed by atoms with Crippen molar-refractivity contribution in [3.63, 3.8) is 0 Å². The molecule has 3 heterocycles. The van der Waals surface area contributed by atoms with Crippen LogP contribution >= 0.6 is 0 Å². The number of aromatic nitrogens is 2. The van der Waals surface area contributed by atoms with Crippen molar-refractivity contribution in [2.24, 2.45) is 11.8 Å². The summed E-state index contributed by atoms with van der Waals surface area (Å²) in [5.41, 5.74) is 1.16. The maximum atomic E-state index is 11.1. The molecule has 2 aliphatic rings. The summed E-state index contributed by atoms with van der Waals surface area (Å²) in [4.78, 5) is 18.4. The van der Waals surface area contributed by atoms with Gasteiger partial charge in [0.15, 0.2) is 0 Å². The third kappa shape index (κ3) is 3.35. The Hall–Kier alpha value is -1.36. The number of fused-ring (bicyclic) bond motifs is 1. The third-order valence-electron chi connectivity index (χ3n) is 5.27. The van der Waals surface area contributed by atoms with Crippen molar-refractivity contribution >= 4 is 5.97 Å². The number of aryl methyl sites for hydroxylation is 1. The molecule has 1 aromatic heterocycles. The largest absolute Gasteiger partial charge is 0.481 e. The van der Waals surface area contributed by atoms with Crippen molar-refractivity contribution in [2.45, 2.75) is 58.5 Å². The highest BCUT2D eigenvalue weighted by Crippen LogP contribution is 2.25. The summed E-state index contributed by atoms with van der Waals surface area (Å²) in [6.07, 6.45) is 7.15. The van der Waals surface area contributed by atoms with Gasteiger partial charge < -0.3 is 14.6 Å². The van der Waals surface area contributed by atoms with Gasteiger partial charge in [0, 0.05) is 25.2 Å². The Morgan fingerprint density at radius 1 is 1.36 bits per heavy atom. The molecule has 1 atom stereocenters. The number of carboxylic acids is 1. The molecular formula is C17H27N3O2. The first-order chi connectivity index (χ1) is 10.5. The van der Waals surface area contributed by atoms with Gasteiger partial charge in [0.05, 0.1) is 11.6 Å². The van der Waals surface area contributed by atoms with Crippen LogP contribution in [0.15, 0.2) is 6.20 Å². The van der Waals surface area contributed by atoms with Gasteiger partial charge in [0.1, 0.15) is 5.82 Å². The van der Waals surface area contributed by atoms with Crippen LogP contribution < -0.4 is 0 Å². The van der Waals surface area contributed by atoms with Gasteiger partial charge in [-0.3, -0.25) is 4.79 Å². The predicted molar refractivity (Wildman–Crippen MR) is 84.8 cm³/mol. The topological polar surface area (TPSA) is 58.4 Å². The van der Waals surface area contributed by atoms with Gasteiger partial charge in [-0.05, 0) is 58.5 Å². The summed E-state index contributed by atoms with van der Waals surface area (Å²) < 4.78 is 2.07. The van der Waals surface area contributed by atoms with E-state index in [9.17, 15) is 4.79 Å². The van der Waals surface area contributed by atoms with Gasteiger partial charge >= 0.3 is 5.97 Å². The van der Waals surface area contributed by atoms with Crippen LogP contribution in [0.3, 0.4) is 0 Å². The summed E-state index contributed by atoms with van der Waals surface area (Å²) in [5, 5.41) is 9.16. The van der Waals surface area contributed by atoms with E-state index in [1.54, 1.807) is 0 Å². The van der Waals surface area contributed by atoms with Crippen molar-refractivity contribution in [3.8, 4) is 0 Å². The Bertz CT molecular complexity index is 530. The van der Waals surface area contributed by atoms with E-state index >= 15 is 0 Å². The van der Waals surface area contributed by atoms with Crippen LogP contribution in [0.2, 0.25) is 0 Å². The number of carboxylic acid groups (broad SMARTS) is 1. The lowest BCUT2D eigenvalue weighted by Gasteiger charge is -2.34. The molecule has 1 unspecified atom stereocenters. The molecule has 1 aromatic rings. The van der Waals surface area contributed by atoms with E-state index in [1.807, 2.05) is 0 Å². The molecule has 5 nitrogen and oxygen atoms in total. The number of carbonyl (C=O) groups is 1. The molecule has 0 spiro atoms. The summed E-state index contributed by atoms with van der Waals surface area (Å²) in [6, 6.07) is 0.647. The van der Waals surface area contributed by atoms with Gasteiger partial charge in [-0.25, -0.2) is 4.98 Å². The molecule has 0 saturated carbocycles. The van der Waals surface area contributed by atoms with Crippen LogP contribution in [0.5, 0.6) is 0 Å². The number of likely N-dealkylation sites (tertiary alicyclic amines) is 1. The lowest BCUT2D eigenvalue weighted by Crippen LogP contribution is -2.38. The second kappa shape index (κ2) is 6.41. The summed E-state index contributed by atoms with van der Waals surface area (Å²) in [7, 11) is 0. The monoisotopic (exact) mass is 305 g/mol. The second-order valence-corrected chi connectivity index (χ2v) is 7.15. The van der Waals surface area contributed by atoms with Crippen LogP contribution in [0.1, 0.15) is 44.6 Å². The molecule has 22 heavy (non-hydrogen) atoms. The Balaban J connectivity index is 1.58. The highest BCUT2D eigenvalue weighted by molar-refractivity contribution is 5.70. The van der Waals surface area contributed by atoms with Gasteiger partial charge in [-0.1, -0.05) is 0 Å². The standard InChI is InChI=1S/C17H27N3O2/c1-12(2)19-7-5-13(6-8-19)9-15-11-20-10-14(17(21)22)3-4-16(20)18-15/h11-14H,3-10H2,1-2H3,(H,21,22). The van der Waals surface area contributed by atoms with Gasteiger partial charge in [-0.2, -0.15) is 0 Å². The highest BCUT2D eigenvalue weighted by Gasteiger charge is 2.26. The van der Waals surface area contributed by atoms with Gasteiger partial charge in [-0.15, -0.1) is 0 Å². The lowest BCUT2D eigenvalue weighted by molar-refractivity contribution is -0.142. The van der Waals surface area contributed by atoms with Gasteiger partial charge in [0.25, 0.3) is 0 Å². The minimum absolute atomic E-state index is 0.246. The van der Waals surface area contributed by atoms with Crippen molar-refractivity contribution in [3.05, 3.63) is 17.7 Å².